The molecule has 30 heavy (non-hydrogen) atoms. The number of hydrogen-bond acceptors (Lipinski definition) is 5. The standard InChI is InChI=1S/C24H27NO5/c1-5-29-21-9-7-6-8-18(21)12-15-22(26)30-17(4)23(27)19-10-13-20(14-11-19)25-24(28)16(2)3/h6-17H,5H2,1-4H3,(H,25,28)/b15-12+. The van der Waals surface area contributed by atoms with E-state index in [0.717, 1.165) is 5.56 Å². The van der Waals surface area contributed by atoms with Crippen LogP contribution in [-0.2, 0) is 14.3 Å². The van der Waals surface area contributed by atoms with Crippen molar-refractivity contribution in [1.29, 1.82) is 0 Å². The van der Waals surface area contributed by atoms with Crippen molar-refractivity contribution in [3.63, 3.8) is 0 Å². The zero-order chi connectivity index (χ0) is 22.1. The van der Waals surface area contributed by atoms with Crippen molar-refractivity contribution in [2.45, 2.75) is 33.8 Å². The third-order valence-electron chi connectivity index (χ3n) is 4.24. The summed E-state index contributed by atoms with van der Waals surface area (Å²) in [6, 6.07) is 13.8. The molecule has 1 atom stereocenters. The average molecular weight is 409 g/mol. The number of rotatable bonds is 9. The van der Waals surface area contributed by atoms with E-state index in [0.29, 0.717) is 23.6 Å². The molecule has 0 radical (unpaired) electrons. The number of benzene rings is 2. The fraction of sp³-hybridized carbons (Fsp3) is 0.292. The molecule has 1 amide bonds. The van der Waals surface area contributed by atoms with Gasteiger partial charge in [0.2, 0.25) is 11.7 Å². The molecule has 6 nitrogen and oxygen atoms in total. The number of ketones is 1. The van der Waals surface area contributed by atoms with E-state index in [1.807, 2.05) is 31.2 Å². The third kappa shape index (κ3) is 6.58. The summed E-state index contributed by atoms with van der Waals surface area (Å²) >= 11 is 0. The van der Waals surface area contributed by atoms with Gasteiger partial charge in [0.05, 0.1) is 6.61 Å². The Kier molecular flexibility index (Phi) is 8.35. The molecule has 0 aliphatic carbocycles. The van der Waals surface area contributed by atoms with E-state index in [2.05, 4.69) is 5.32 Å². The lowest BCUT2D eigenvalue weighted by atomic mass is 10.1. The SMILES string of the molecule is CCOc1ccccc1/C=C/C(=O)OC(C)C(=O)c1ccc(NC(=O)C(C)C)cc1. The molecule has 0 fully saturated rings. The van der Waals surface area contributed by atoms with Crippen LogP contribution in [0, 0.1) is 5.92 Å². The van der Waals surface area contributed by atoms with Gasteiger partial charge in [0.1, 0.15) is 5.75 Å². The van der Waals surface area contributed by atoms with Crippen molar-refractivity contribution in [2.24, 2.45) is 5.92 Å². The van der Waals surface area contributed by atoms with E-state index in [-0.39, 0.29) is 17.6 Å². The van der Waals surface area contributed by atoms with Crippen LogP contribution in [0.5, 0.6) is 5.75 Å². The number of carbonyl (C=O) groups excluding carboxylic acids is 3. The predicted octanol–water partition coefficient (Wildman–Crippen LogP) is 4.51. The number of ether oxygens (including phenoxy) is 2. The van der Waals surface area contributed by atoms with E-state index in [4.69, 9.17) is 9.47 Å². The fourth-order valence-electron chi connectivity index (χ4n) is 2.57. The van der Waals surface area contributed by atoms with Gasteiger partial charge in [0.15, 0.2) is 6.10 Å². The number of amides is 1. The number of Topliss-reactive ketones (excluding diaryl/α,β-unsaturated/α-hetero) is 1. The van der Waals surface area contributed by atoms with Crippen molar-refractivity contribution in [2.75, 3.05) is 11.9 Å². The van der Waals surface area contributed by atoms with E-state index in [9.17, 15) is 14.4 Å². The highest BCUT2D eigenvalue weighted by atomic mass is 16.5. The first kappa shape index (κ1) is 22.9. The molecule has 0 saturated carbocycles. The molecule has 0 heterocycles. The molecule has 2 aromatic carbocycles. The van der Waals surface area contributed by atoms with Crippen LogP contribution in [0.1, 0.15) is 43.6 Å². The van der Waals surface area contributed by atoms with Crippen LogP contribution < -0.4 is 10.1 Å². The minimum absolute atomic E-state index is 0.103. The van der Waals surface area contributed by atoms with Crippen LogP contribution in [0.4, 0.5) is 5.69 Å². The Morgan fingerprint density at radius 1 is 1.00 bits per heavy atom. The minimum Gasteiger partial charge on any atom is -0.493 e. The summed E-state index contributed by atoms with van der Waals surface area (Å²) in [5.74, 6) is -0.526. The Morgan fingerprint density at radius 3 is 2.30 bits per heavy atom. The number of para-hydroxylation sites is 1. The maximum absolute atomic E-state index is 12.5. The Labute approximate surface area is 176 Å². The highest BCUT2D eigenvalue weighted by Gasteiger charge is 2.19. The monoisotopic (exact) mass is 409 g/mol. The molecule has 0 aliphatic heterocycles. The molecule has 1 unspecified atom stereocenters. The molecule has 2 rings (SSSR count). The summed E-state index contributed by atoms with van der Waals surface area (Å²) < 4.78 is 10.7. The van der Waals surface area contributed by atoms with E-state index >= 15 is 0 Å². The first-order chi connectivity index (χ1) is 14.3. The van der Waals surface area contributed by atoms with Gasteiger partial charge in [-0.25, -0.2) is 4.79 Å². The van der Waals surface area contributed by atoms with Gasteiger partial charge in [-0.05, 0) is 50.3 Å². The average Bonchev–Trinajstić information content (AvgIpc) is 2.73. The number of anilines is 1. The van der Waals surface area contributed by atoms with E-state index in [1.165, 1.54) is 13.0 Å². The summed E-state index contributed by atoms with van der Waals surface area (Å²) in [7, 11) is 0. The number of carbonyl (C=O) groups is 3. The molecular weight excluding hydrogens is 382 g/mol. The molecule has 2 aromatic rings. The second-order valence-corrected chi connectivity index (χ2v) is 6.97. The Hall–Kier alpha value is -3.41. The lowest BCUT2D eigenvalue weighted by molar-refractivity contribution is -0.140. The minimum atomic E-state index is -0.944. The molecule has 0 bridgehead atoms. The Bertz CT molecular complexity index is 915. The van der Waals surface area contributed by atoms with Gasteiger partial charge in [0.25, 0.3) is 0 Å². The molecule has 0 saturated heterocycles. The zero-order valence-corrected chi connectivity index (χ0v) is 17.7. The maximum Gasteiger partial charge on any atom is 0.331 e. The summed E-state index contributed by atoms with van der Waals surface area (Å²) in [6.45, 7) is 7.52. The van der Waals surface area contributed by atoms with Crippen molar-refractivity contribution in [3.05, 3.63) is 65.7 Å². The Balaban J connectivity index is 1.96. The number of nitrogens with one attached hydrogen (secondary N) is 1. The topological polar surface area (TPSA) is 81.7 Å². The van der Waals surface area contributed by atoms with Gasteiger partial charge in [-0.1, -0.05) is 32.0 Å². The van der Waals surface area contributed by atoms with Gasteiger partial charge < -0.3 is 14.8 Å². The van der Waals surface area contributed by atoms with E-state index in [1.54, 1.807) is 44.2 Å². The van der Waals surface area contributed by atoms with Crippen LogP contribution in [-0.4, -0.2) is 30.4 Å². The van der Waals surface area contributed by atoms with Crippen LogP contribution >= 0.6 is 0 Å². The third-order valence-corrected chi connectivity index (χ3v) is 4.24. The highest BCUT2D eigenvalue weighted by Crippen LogP contribution is 2.19. The fourth-order valence-corrected chi connectivity index (χ4v) is 2.57. The smallest absolute Gasteiger partial charge is 0.331 e. The van der Waals surface area contributed by atoms with E-state index < -0.39 is 12.1 Å². The van der Waals surface area contributed by atoms with Crippen LogP contribution in [0.3, 0.4) is 0 Å². The lowest BCUT2D eigenvalue weighted by Crippen LogP contribution is -2.23. The van der Waals surface area contributed by atoms with Crippen LogP contribution in [0.15, 0.2) is 54.6 Å². The summed E-state index contributed by atoms with van der Waals surface area (Å²) in [6.07, 6.45) is 1.92. The normalized spacial score (nSPS) is 11.9. The number of hydrogen-bond donors (Lipinski definition) is 1. The molecule has 158 valence electrons. The molecule has 0 aliphatic rings. The molecular formula is C24H27NO5. The zero-order valence-electron chi connectivity index (χ0n) is 17.7. The second kappa shape index (κ2) is 11.0. The maximum atomic E-state index is 12.5. The lowest BCUT2D eigenvalue weighted by Gasteiger charge is -2.12. The largest absolute Gasteiger partial charge is 0.493 e. The van der Waals surface area contributed by atoms with Gasteiger partial charge >= 0.3 is 5.97 Å². The van der Waals surface area contributed by atoms with Crippen molar-refractivity contribution in [1.82, 2.24) is 0 Å². The predicted molar refractivity (Wildman–Crippen MR) is 116 cm³/mol. The van der Waals surface area contributed by atoms with Gasteiger partial charge in [-0.15, -0.1) is 0 Å². The van der Waals surface area contributed by atoms with Gasteiger partial charge in [-0.3, -0.25) is 9.59 Å². The highest BCUT2D eigenvalue weighted by molar-refractivity contribution is 6.01. The van der Waals surface area contributed by atoms with Crippen molar-refractivity contribution >= 4 is 29.4 Å². The van der Waals surface area contributed by atoms with Crippen molar-refractivity contribution in [3.8, 4) is 5.75 Å². The summed E-state index contributed by atoms with van der Waals surface area (Å²) in [5.41, 5.74) is 1.74. The molecule has 0 spiro atoms. The first-order valence-corrected chi connectivity index (χ1v) is 9.87. The molecule has 0 aromatic heterocycles. The summed E-state index contributed by atoms with van der Waals surface area (Å²) in [4.78, 5) is 36.4. The number of esters is 1. The van der Waals surface area contributed by atoms with Gasteiger partial charge in [0, 0.05) is 28.8 Å². The molecule has 1 N–H and O–H groups in total. The first-order valence-electron chi connectivity index (χ1n) is 9.87. The quantitative estimate of drug-likeness (QED) is 0.374. The molecule has 6 heteroatoms. The van der Waals surface area contributed by atoms with Gasteiger partial charge in [-0.2, -0.15) is 0 Å². The van der Waals surface area contributed by atoms with Crippen molar-refractivity contribution < 1.29 is 23.9 Å². The van der Waals surface area contributed by atoms with Crippen LogP contribution in [0.25, 0.3) is 6.08 Å². The summed E-state index contributed by atoms with van der Waals surface area (Å²) in [5, 5.41) is 2.76. The van der Waals surface area contributed by atoms with Crippen LogP contribution in [0.2, 0.25) is 0 Å². The Morgan fingerprint density at radius 2 is 1.67 bits per heavy atom. The second-order valence-electron chi connectivity index (χ2n) is 6.97.